The van der Waals surface area contributed by atoms with E-state index in [-0.39, 0.29) is 35.2 Å². The Balaban J connectivity index is 1.34. The van der Waals surface area contributed by atoms with E-state index in [1.165, 1.54) is 0 Å². The summed E-state index contributed by atoms with van der Waals surface area (Å²) in [7, 11) is 0. The van der Waals surface area contributed by atoms with Crippen molar-refractivity contribution >= 4 is 0 Å². The van der Waals surface area contributed by atoms with Crippen LogP contribution in [0.3, 0.4) is 0 Å². The standard InChI is InChI=1S/C33H35F5/c1-4-20(5-2)25-16-23-15-24-17-26(31(36)33(38)29(24)28(23)32(37)30(25)35)21-11-7-19(8-12-21)9-13-22-10-6-18(3)14-27(22)34/h6,10,14,16-17,19-21H,4-5,7-9,11-13,15H2,1-3H3. The van der Waals surface area contributed by atoms with Crippen molar-refractivity contribution in [2.45, 2.75) is 90.4 Å². The molecule has 0 spiro atoms. The molecular weight excluding hydrogens is 491 g/mol. The average Bonchev–Trinajstić information content (AvgIpc) is 3.28. The van der Waals surface area contributed by atoms with Crippen molar-refractivity contribution in [1.82, 2.24) is 0 Å². The first-order chi connectivity index (χ1) is 18.2. The Bertz CT molecular complexity index is 1350. The zero-order valence-corrected chi connectivity index (χ0v) is 22.4. The van der Waals surface area contributed by atoms with Crippen LogP contribution in [0.15, 0.2) is 30.3 Å². The predicted molar refractivity (Wildman–Crippen MR) is 142 cm³/mol. The van der Waals surface area contributed by atoms with E-state index >= 15 is 17.6 Å². The molecule has 0 bridgehead atoms. The van der Waals surface area contributed by atoms with Crippen molar-refractivity contribution in [2.24, 2.45) is 5.92 Å². The van der Waals surface area contributed by atoms with Gasteiger partial charge in [0.1, 0.15) is 5.82 Å². The summed E-state index contributed by atoms with van der Waals surface area (Å²) in [6, 6.07) is 8.67. The Labute approximate surface area is 222 Å². The lowest BCUT2D eigenvalue weighted by Crippen LogP contribution is -2.16. The molecule has 0 aliphatic heterocycles. The molecule has 0 nitrogen and oxygen atoms in total. The lowest BCUT2D eigenvalue weighted by atomic mass is 9.76. The number of halogens is 5. The van der Waals surface area contributed by atoms with Crippen molar-refractivity contribution in [3.05, 3.63) is 92.8 Å². The second-order valence-corrected chi connectivity index (χ2v) is 11.3. The second kappa shape index (κ2) is 10.8. The summed E-state index contributed by atoms with van der Waals surface area (Å²) in [5.74, 6) is -4.01. The molecule has 0 heterocycles. The van der Waals surface area contributed by atoms with E-state index in [9.17, 15) is 4.39 Å². The third kappa shape index (κ3) is 4.78. The zero-order valence-electron chi connectivity index (χ0n) is 22.4. The lowest BCUT2D eigenvalue weighted by Gasteiger charge is -2.29. The van der Waals surface area contributed by atoms with E-state index in [1.54, 1.807) is 18.2 Å². The van der Waals surface area contributed by atoms with E-state index in [0.29, 0.717) is 47.4 Å². The fourth-order valence-corrected chi connectivity index (χ4v) is 6.73. The molecule has 1 saturated carbocycles. The first-order valence-corrected chi connectivity index (χ1v) is 14.0. The van der Waals surface area contributed by atoms with Gasteiger partial charge in [-0.3, -0.25) is 0 Å². The van der Waals surface area contributed by atoms with Crippen LogP contribution in [0.1, 0.15) is 104 Å². The Morgan fingerprint density at radius 1 is 0.763 bits per heavy atom. The molecule has 0 atom stereocenters. The number of hydrogen-bond donors (Lipinski definition) is 0. The zero-order chi connectivity index (χ0) is 27.1. The van der Waals surface area contributed by atoms with Crippen LogP contribution in [0.5, 0.6) is 0 Å². The van der Waals surface area contributed by atoms with E-state index < -0.39 is 23.3 Å². The quantitative estimate of drug-likeness (QED) is 0.210. The summed E-state index contributed by atoms with van der Waals surface area (Å²) in [4.78, 5) is 0. The number of rotatable bonds is 7. The van der Waals surface area contributed by atoms with Gasteiger partial charge in [-0.25, -0.2) is 22.0 Å². The molecule has 0 N–H and O–H groups in total. The highest BCUT2D eigenvalue weighted by atomic mass is 19.2. The van der Waals surface area contributed by atoms with E-state index in [0.717, 1.165) is 43.2 Å². The van der Waals surface area contributed by atoms with Gasteiger partial charge in [0.25, 0.3) is 0 Å². The summed E-state index contributed by atoms with van der Waals surface area (Å²) >= 11 is 0. The number of aryl methyl sites for hydroxylation is 2. The van der Waals surface area contributed by atoms with E-state index in [1.807, 2.05) is 32.9 Å². The Morgan fingerprint density at radius 3 is 2.03 bits per heavy atom. The van der Waals surface area contributed by atoms with Gasteiger partial charge in [0.05, 0.1) is 0 Å². The Morgan fingerprint density at radius 2 is 1.39 bits per heavy atom. The molecule has 0 amide bonds. The minimum Gasteiger partial charge on any atom is -0.207 e. The SMILES string of the molecule is CCC(CC)c1cc2c(c(F)c1F)-c1c(cc(C3CCC(CCc4ccc(C)cc4F)CC3)c(F)c1F)C2. The third-order valence-corrected chi connectivity index (χ3v) is 9.01. The number of fused-ring (bicyclic) bond motifs is 3. The van der Waals surface area contributed by atoms with Gasteiger partial charge in [-0.2, -0.15) is 0 Å². The molecule has 38 heavy (non-hydrogen) atoms. The summed E-state index contributed by atoms with van der Waals surface area (Å²) in [5.41, 5.74) is 3.11. The molecule has 5 rings (SSSR count). The third-order valence-electron chi connectivity index (χ3n) is 9.01. The second-order valence-electron chi connectivity index (χ2n) is 11.3. The monoisotopic (exact) mass is 526 g/mol. The van der Waals surface area contributed by atoms with Crippen molar-refractivity contribution in [2.75, 3.05) is 0 Å². The molecule has 1 fully saturated rings. The minimum absolute atomic E-state index is 0.117. The normalized spacial score (nSPS) is 18.7. The van der Waals surface area contributed by atoms with Crippen molar-refractivity contribution in [1.29, 1.82) is 0 Å². The average molecular weight is 527 g/mol. The number of hydrogen-bond acceptors (Lipinski definition) is 0. The van der Waals surface area contributed by atoms with Crippen molar-refractivity contribution < 1.29 is 22.0 Å². The lowest BCUT2D eigenvalue weighted by molar-refractivity contribution is 0.304. The Kier molecular flexibility index (Phi) is 7.66. The maximum atomic E-state index is 15.5. The van der Waals surface area contributed by atoms with Crippen LogP contribution in [0.25, 0.3) is 11.1 Å². The van der Waals surface area contributed by atoms with Gasteiger partial charge in [0.2, 0.25) is 0 Å². The maximum Gasteiger partial charge on any atom is 0.167 e. The smallest absolute Gasteiger partial charge is 0.167 e. The summed E-state index contributed by atoms with van der Waals surface area (Å²) < 4.78 is 75.3. The molecule has 0 saturated heterocycles. The highest BCUT2D eigenvalue weighted by molar-refractivity contribution is 5.79. The molecule has 202 valence electrons. The van der Waals surface area contributed by atoms with Crippen LogP contribution in [0, 0.1) is 41.9 Å². The van der Waals surface area contributed by atoms with Crippen LogP contribution < -0.4 is 0 Å². The van der Waals surface area contributed by atoms with E-state index in [2.05, 4.69) is 0 Å². The largest absolute Gasteiger partial charge is 0.207 e. The molecule has 3 aromatic carbocycles. The molecule has 3 aromatic rings. The summed E-state index contributed by atoms with van der Waals surface area (Å²) in [6.45, 7) is 5.74. The van der Waals surface area contributed by atoms with Gasteiger partial charge in [-0.1, -0.05) is 38.1 Å². The highest BCUT2D eigenvalue weighted by Crippen LogP contribution is 2.47. The molecule has 0 aromatic heterocycles. The maximum absolute atomic E-state index is 15.5. The molecular formula is C33H35F5. The van der Waals surface area contributed by atoms with E-state index in [4.69, 9.17) is 0 Å². The predicted octanol–water partition coefficient (Wildman–Crippen LogP) is 10.1. The first-order valence-electron chi connectivity index (χ1n) is 14.0. The summed E-state index contributed by atoms with van der Waals surface area (Å²) in [5, 5.41) is 0. The van der Waals surface area contributed by atoms with Gasteiger partial charge in [-0.05, 0) is 122 Å². The molecule has 2 aliphatic rings. The Hall–Kier alpha value is -2.69. The molecule has 2 aliphatic carbocycles. The van der Waals surface area contributed by atoms with Crippen LogP contribution in [-0.4, -0.2) is 0 Å². The van der Waals surface area contributed by atoms with Gasteiger partial charge < -0.3 is 0 Å². The minimum atomic E-state index is -1.07. The molecule has 0 unspecified atom stereocenters. The highest BCUT2D eigenvalue weighted by Gasteiger charge is 2.34. The van der Waals surface area contributed by atoms with Crippen LogP contribution >= 0.6 is 0 Å². The van der Waals surface area contributed by atoms with Crippen LogP contribution in [-0.2, 0) is 12.8 Å². The van der Waals surface area contributed by atoms with Gasteiger partial charge in [0, 0.05) is 11.1 Å². The first kappa shape index (κ1) is 26.9. The topological polar surface area (TPSA) is 0 Å². The van der Waals surface area contributed by atoms with Gasteiger partial charge >= 0.3 is 0 Å². The van der Waals surface area contributed by atoms with Crippen molar-refractivity contribution in [3.63, 3.8) is 0 Å². The fraction of sp³-hybridized carbons (Fsp3) is 0.455. The summed E-state index contributed by atoms with van der Waals surface area (Å²) in [6.07, 6.45) is 6.36. The molecule has 0 radical (unpaired) electrons. The van der Waals surface area contributed by atoms with Crippen molar-refractivity contribution in [3.8, 4) is 11.1 Å². The van der Waals surface area contributed by atoms with Crippen LogP contribution in [0.2, 0.25) is 0 Å². The van der Waals surface area contributed by atoms with Gasteiger partial charge in [-0.15, -0.1) is 0 Å². The van der Waals surface area contributed by atoms with Gasteiger partial charge in [0.15, 0.2) is 23.3 Å². The fourth-order valence-electron chi connectivity index (χ4n) is 6.73. The van der Waals surface area contributed by atoms with Crippen LogP contribution in [0.4, 0.5) is 22.0 Å². The molecule has 5 heteroatoms. The number of benzene rings is 3.